The number of anilines is 1. The molecule has 0 spiro atoms. The lowest BCUT2D eigenvalue weighted by Crippen LogP contribution is -2.50. The number of allylic oxidation sites excluding steroid dienone is 3. The van der Waals surface area contributed by atoms with Crippen LogP contribution in [-0.4, -0.2) is 119 Å². The fraction of sp³-hybridized carbons (Fsp3) is 0.674. The van der Waals surface area contributed by atoms with Gasteiger partial charge in [0.05, 0.1) is 37.5 Å². The molecule has 2 aliphatic rings. The molecule has 340 valence electrons. The van der Waals surface area contributed by atoms with Crippen LogP contribution in [0.5, 0.6) is 5.75 Å². The zero-order valence-electron chi connectivity index (χ0n) is 37.4. The highest BCUT2D eigenvalue weighted by atomic mass is 35.5. The van der Waals surface area contributed by atoms with E-state index in [1.807, 2.05) is 13.0 Å². The number of epoxide rings is 1. The van der Waals surface area contributed by atoms with Gasteiger partial charge in [-0.3, -0.25) is 14.4 Å². The van der Waals surface area contributed by atoms with E-state index >= 15 is 0 Å². The molecule has 1 saturated heterocycles. The van der Waals surface area contributed by atoms with E-state index in [-0.39, 0.29) is 41.5 Å². The molecule has 0 aromatic heterocycles. The Morgan fingerprint density at radius 1 is 1.23 bits per heavy atom. The third kappa shape index (κ3) is 14.6. The molecule has 1 aromatic rings. The number of nitrogens with zero attached hydrogens (tertiary/aromatic N) is 5. The summed E-state index contributed by atoms with van der Waals surface area (Å²) >= 11 is 6.79. The monoisotopic (exact) mass is 909 g/mol. The van der Waals surface area contributed by atoms with Gasteiger partial charge in [0.15, 0.2) is 0 Å². The van der Waals surface area contributed by atoms with Gasteiger partial charge in [-0.2, -0.15) is 0 Å². The second-order valence-corrected chi connectivity index (χ2v) is 20.9. The second kappa shape index (κ2) is 22.3. The Morgan fingerprint density at radius 3 is 2.56 bits per heavy atom. The highest BCUT2D eigenvalue weighted by Crippen LogP contribution is 2.54. The van der Waals surface area contributed by atoms with Gasteiger partial charge in [0.2, 0.25) is 11.8 Å². The Kier molecular flexibility index (Phi) is 18.9. The van der Waals surface area contributed by atoms with Crippen molar-refractivity contribution in [2.24, 2.45) is 10.5 Å². The quantitative estimate of drug-likeness (QED) is 0.0311. The van der Waals surface area contributed by atoms with Crippen molar-refractivity contribution in [3.05, 3.63) is 57.0 Å². The number of carbonyl (C=O) groups excluding carboxylic acids is 4. The van der Waals surface area contributed by atoms with E-state index < -0.39 is 58.8 Å². The van der Waals surface area contributed by atoms with Crippen LogP contribution < -0.4 is 9.64 Å². The van der Waals surface area contributed by atoms with Gasteiger partial charge in [0, 0.05) is 54.8 Å². The van der Waals surface area contributed by atoms with Gasteiger partial charge in [-0.15, -0.1) is 0 Å². The highest BCUT2D eigenvalue weighted by Gasteiger charge is 2.68. The lowest BCUT2D eigenvalue weighted by Gasteiger charge is -2.38. The molecule has 1 aromatic carbocycles. The van der Waals surface area contributed by atoms with Crippen molar-refractivity contribution in [3.63, 3.8) is 0 Å². The molecule has 2 heterocycles. The van der Waals surface area contributed by atoms with Crippen molar-refractivity contribution in [2.45, 2.75) is 141 Å². The predicted molar refractivity (Wildman–Crippen MR) is 241 cm³/mol. The smallest absolute Gasteiger partial charge is 0.328 e. The predicted octanol–water partition coefficient (Wildman–Crippen LogP) is 7.78. The zero-order valence-corrected chi connectivity index (χ0v) is 39.7. The summed E-state index contributed by atoms with van der Waals surface area (Å²) in [5.41, 5.74) is 6.24. The maximum Gasteiger partial charge on any atom is 0.328 e. The van der Waals surface area contributed by atoms with E-state index in [0.717, 1.165) is 29.7 Å². The molecule has 7 atom stereocenters. The molecule has 2 N–H and O–H groups in total. The average Bonchev–Trinajstić information content (AvgIpc) is 3.91. The molecule has 61 heavy (non-hydrogen) atoms. The average molecular weight is 911 g/mol. The van der Waals surface area contributed by atoms with Crippen LogP contribution in [0.4, 0.5) is 5.69 Å². The molecule has 2 amide bonds. The van der Waals surface area contributed by atoms with E-state index in [0.29, 0.717) is 30.8 Å². The number of aliphatic hydroxyl groups excluding tert-OH is 1. The number of unbranched alkanes of at least 4 members (excludes halogenated alkanes) is 1. The zero-order chi connectivity index (χ0) is 45.9. The van der Waals surface area contributed by atoms with Crippen molar-refractivity contribution >= 4 is 62.6 Å². The number of amides is 2. The molecule has 1 fully saturated rings. The minimum atomic E-state index is -1.75. The van der Waals surface area contributed by atoms with Crippen LogP contribution in [0.1, 0.15) is 99.5 Å². The summed E-state index contributed by atoms with van der Waals surface area (Å²) in [6.07, 6.45) is 3.90. The minimum absolute atomic E-state index is 0.117. The Balaban J connectivity index is 1.96. The molecule has 2 aliphatic heterocycles. The molecule has 0 unspecified atom stereocenters. The first-order valence-corrected chi connectivity index (χ1v) is 23.1. The molecular weight excluding hydrogens is 846 g/mol. The molecule has 15 nitrogen and oxygen atoms in total. The number of esters is 2. The lowest BCUT2D eigenvalue weighted by molar-refractivity contribution is -0.162. The summed E-state index contributed by atoms with van der Waals surface area (Å²) in [5, 5.41) is 26.7. The maximum absolute atomic E-state index is 14.3. The summed E-state index contributed by atoms with van der Waals surface area (Å²) in [4.78, 5) is 59.5. The van der Waals surface area contributed by atoms with Crippen LogP contribution in [0.3, 0.4) is 0 Å². The SMILES string of the molecule is COc1cc2cc(c1Cl)N(C)C(=O)C[C@H](OC(=O)[C@H](C)N(C)C(=O)CCC(C)(C)SSCCCCN=[N+]=[N-])[C@]1(C)O[C@H]1[C@@](C)(COC(C)=O)C[C@](C)(O)[C@H](O)/C=C/C=C(\C)C2. The summed E-state index contributed by atoms with van der Waals surface area (Å²) in [6.45, 7) is 14.0. The van der Waals surface area contributed by atoms with Gasteiger partial charge in [0.1, 0.15) is 34.6 Å². The fourth-order valence-electron chi connectivity index (χ4n) is 7.37. The van der Waals surface area contributed by atoms with Gasteiger partial charge in [0.25, 0.3) is 0 Å². The highest BCUT2D eigenvalue weighted by molar-refractivity contribution is 8.77. The second-order valence-electron chi connectivity index (χ2n) is 17.4. The third-order valence-electron chi connectivity index (χ3n) is 11.3. The standard InChI is InChI=1S/C43H64ClN5O10S2/c1-27-15-14-16-33(51)42(7,55)25-41(6,26-57-29(3)50)39-43(8,59-39)34(24-36(53)49(10)31-22-30(21-27)23-32(56-11)37(31)44)58-38(54)28(2)48(9)35(52)17-18-40(4,5)61-60-20-13-12-19-46-47-45/h14-16,22-23,28,33-34,39,51,55H,12-13,17-21,24-26H2,1-11H3/b16-14+,27-15+/t28-,33+,34-,39-,41+,42-,43-/m0/s1. The van der Waals surface area contributed by atoms with Gasteiger partial charge in [-0.1, -0.05) is 69.0 Å². The Labute approximate surface area is 373 Å². The van der Waals surface area contributed by atoms with Crippen molar-refractivity contribution in [1.29, 1.82) is 0 Å². The molecule has 2 bridgehead atoms. The fourth-order valence-corrected chi connectivity index (χ4v) is 10.4. The number of hydrogen-bond acceptors (Lipinski definition) is 13. The first-order valence-electron chi connectivity index (χ1n) is 20.4. The number of halogens is 1. The van der Waals surface area contributed by atoms with E-state index in [9.17, 15) is 29.4 Å². The molecule has 0 radical (unpaired) electrons. The van der Waals surface area contributed by atoms with Crippen LogP contribution in [-0.2, 0) is 39.8 Å². The first kappa shape index (κ1) is 51.9. The summed E-state index contributed by atoms with van der Waals surface area (Å²) in [6, 6.07) is 2.51. The topological polar surface area (TPSA) is 204 Å². The lowest BCUT2D eigenvalue weighted by atomic mass is 9.71. The number of benzene rings is 1. The van der Waals surface area contributed by atoms with Crippen molar-refractivity contribution in [1.82, 2.24) is 4.90 Å². The van der Waals surface area contributed by atoms with Crippen molar-refractivity contribution in [3.8, 4) is 5.75 Å². The van der Waals surface area contributed by atoms with Crippen LogP contribution in [0.25, 0.3) is 10.4 Å². The number of carbonyl (C=O) groups is 4. The molecule has 0 saturated carbocycles. The van der Waals surface area contributed by atoms with E-state index in [1.54, 1.807) is 67.6 Å². The molecule has 3 rings (SSSR count). The number of hydrogen-bond donors (Lipinski definition) is 2. The van der Waals surface area contributed by atoms with Crippen LogP contribution in [0, 0.1) is 5.41 Å². The Morgan fingerprint density at radius 2 is 1.92 bits per heavy atom. The third-order valence-corrected chi connectivity index (χ3v) is 15.1. The number of ether oxygens (including phenoxy) is 4. The van der Waals surface area contributed by atoms with E-state index in [1.165, 1.54) is 43.9 Å². The normalized spacial score (nSPS) is 27.8. The minimum Gasteiger partial charge on any atom is -0.495 e. The van der Waals surface area contributed by atoms with E-state index in [4.69, 9.17) is 36.1 Å². The first-order chi connectivity index (χ1) is 28.4. The number of methoxy groups -OCH3 is 1. The number of rotatable bonds is 16. The van der Waals surface area contributed by atoms with E-state index in [2.05, 4.69) is 23.9 Å². The van der Waals surface area contributed by atoms with Crippen LogP contribution >= 0.6 is 33.2 Å². The number of likely N-dealkylation sites (N-methyl/N-ethyl adjacent to an activating group) is 1. The molecular formula is C43H64ClN5O10S2. The van der Waals surface area contributed by atoms with Crippen molar-refractivity contribution < 1.29 is 48.3 Å². The molecule has 18 heteroatoms. The maximum atomic E-state index is 14.3. The van der Waals surface area contributed by atoms with Gasteiger partial charge in [-0.05, 0) is 96.9 Å². The van der Waals surface area contributed by atoms with Gasteiger partial charge in [-0.25, -0.2) is 4.79 Å². The van der Waals surface area contributed by atoms with Gasteiger partial charge < -0.3 is 39.0 Å². The number of fused-ring (bicyclic) bond motifs is 3. The molecule has 0 aliphatic carbocycles. The summed E-state index contributed by atoms with van der Waals surface area (Å²) < 4.78 is 23.4. The van der Waals surface area contributed by atoms with Crippen molar-refractivity contribution in [2.75, 3.05) is 45.0 Å². The van der Waals surface area contributed by atoms with Gasteiger partial charge >= 0.3 is 11.9 Å². The number of aliphatic hydroxyl groups is 2. The van der Waals surface area contributed by atoms with Crippen LogP contribution in [0.2, 0.25) is 5.02 Å². The largest absolute Gasteiger partial charge is 0.495 e. The Hall–Kier alpha value is -3.44. The summed E-state index contributed by atoms with van der Waals surface area (Å²) in [7, 11) is 7.95. The Bertz CT molecular complexity index is 1860. The summed E-state index contributed by atoms with van der Waals surface area (Å²) in [5.74, 6) is -0.847. The number of azide groups is 1. The van der Waals surface area contributed by atoms with Crippen LogP contribution in [0.15, 0.2) is 41.0 Å².